The van der Waals surface area contributed by atoms with Crippen molar-refractivity contribution in [1.29, 1.82) is 0 Å². The molecule has 0 aliphatic rings. The summed E-state index contributed by atoms with van der Waals surface area (Å²) >= 11 is 7.44. The highest BCUT2D eigenvalue weighted by Gasteiger charge is 2.09. The highest BCUT2D eigenvalue weighted by Crippen LogP contribution is 2.19. The zero-order valence-corrected chi connectivity index (χ0v) is 13.7. The zero-order chi connectivity index (χ0) is 15.9. The lowest BCUT2D eigenvalue weighted by Crippen LogP contribution is -2.21. The Morgan fingerprint density at radius 3 is 2.82 bits per heavy atom. The van der Waals surface area contributed by atoms with E-state index in [4.69, 9.17) is 16.3 Å². The van der Waals surface area contributed by atoms with Gasteiger partial charge in [-0.2, -0.15) is 11.3 Å². The summed E-state index contributed by atoms with van der Waals surface area (Å²) < 4.78 is 4.96. The van der Waals surface area contributed by atoms with Gasteiger partial charge in [-0.3, -0.25) is 9.59 Å². The second kappa shape index (κ2) is 7.96. The Morgan fingerprint density at radius 1 is 1.32 bits per heavy atom. The summed E-state index contributed by atoms with van der Waals surface area (Å²) in [4.78, 5) is 23.4. The van der Waals surface area contributed by atoms with Crippen LogP contribution in [-0.2, 0) is 20.7 Å². The van der Waals surface area contributed by atoms with Gasteiger partial charge in [0.1, 0.15) is 0 Å². The number of aryl methyl sites for hydroxylation is 2. The van der Waals surface area contributed by atoms with Crippen molar-refractivity contribution >= 4 is 40.5 Å². The summed E-state index contributed by atoms with van der Waals surface area (Å²) in [6.07, 6.45) is 0.893. The van der Waals surface area contributed by atoms with E-state index >= 15 is 0 Å². The second-order valence-electron chi connectivity index (χ2n) is 4.80. The number of thiophene rings is 1. The molecule has 0 aliphatic heterocycles. The molecule has 0 aliphatic carbocycles. The summed E-state index contributed by atoms with van der Waals surface area (Å²) in [5, 5.41) is 7.25. The van der Waals surface area contributed by atoms with Gasteiger partial charge in [0, 0.05) is 17.1 Å². The standard InChI is InChI=1S/C16H16ClNO3S/c1-11-8-13(17)3-4-14(11)18-15(19)9-21-16(20)5-2-12-6-7-22-10-12/h3-4,6-8,10H,2,5,9H2,1H3,(H,18,19). The van der Waals surface area contributed by atoms with Crippen LogP contribution in [0.25, 0.3) is 0 Å². The molecule has 1 aromatic heterocycles. The minimum atomic E-state index is -0.380. The van der Waals surface area contributed by atoms with E-state index in [1.807, 2.05) is 23.8 Å². The number of esters is 1. The van der Waals surface area contributed by atoms with E-state index in [0.717, 1.165) is 11.1 Å². The van der Waals surface area contributed by atoms with Crippen LogP contribution in [0.5, 0.6) is 0 Å². The topological polar surface area (TPSA) is 55.4 Å². The van der Waals surface area contributed by atoms with Crippen molar-refractivity contribution in [2.75, 3.05) is 11.9 Å². The summed E-state index contributed by atoms with van der Waals surface area (Å²) in [5.74, 6) is -0.747. The summed E-state index contributed by atoms with van der Waals surface area (Å²) in [6, 6.07) is 7.13. The van der Waals surface area contributed by atoms with E-state index in [2.05, 4.69) is 5.32 Å². The molecular formula is C16H16ClNO3S. The predicted molar refractivity (Wildman–Crippen MR) is 88.4 cm³/mol. The molecule has 0 unspecified atom stereocenters. The monoisotopic (exact) mass is 337 g/mol. The van der Waals surface area contributed by atoms with E-state index in [9.17, 15) is 9.59 Å². The third-order valence-corrected chi connectivity index (χ3v) is 3.99. The molecule has 1 N–H and O–H groups in total. The number of halogens is 1. The van der Waals surface area contributed by atoms with Gasteiger partial charge in [0.2, 0.25) is 0 Å². The number of carbonyl (C=O) groups excluding carboxylic acids is 2. The van der Waals surface area contributed by atoms with Crippen LogP contribution in [-0.4, -0.2) is 18.5 Å². The number of amides is 1. The molecule has 2 aromatic rings. The molecule has 116 valence electrons. The predicted octanol–water partition coefficient (Wildman–Crippen LogP) is 3.82. The largest absolute Gasteiger partial charge is 0.456 e. The molecule has 6 heteroatoms. The Hall–Kier alpha value is -1.85. The SMILES string of the molecule is Cc1cc(Cl)ccc1NC(=O)COC(=O)CCc1ccsc1. The molecule has 0 radical (unpaired) electrons. The maximum Gasteiger partial charge on any atom is 0.306 e. The van der Waals surface area contributed by atoms with Crippen LogP contribution < -0.4 is 5.32 Å². The molecule has 0 fully saturated rings. The quantitative estimate of drug-likeness (QED) is 0.815. The zero-order valence-electron chi connectivity index (χ0n) is 12.1. The van der Waals surface area contributed by atoms with Gasteiger partial charge in [-0.05, 0) is 59.5 Å². The lowest BCUT2D eigenvalue weighted by Gasteiger charge is -2.09. The van der Waals surface area contributed by atoms with E-state index in [1.54, 1.807) is 29.5 Å². The van der Waals surface area contributed by atoms with E-state index in [-0.39, 0.29) is 24.9 Å². The molecule has 0 atom stereocenters. The van der Waals surface area contributed by atoms with Crippen molar-refractivity contribution in [2.24, 2.45) is 0 Å². The first-order valence-electron chi connectivity index (χ1n) is 6.77. The van der Waals surface area contributed by atoms with Gasteiger partial charge in [0.15, 0.2) is 6.61 Å². The van der Waals surface area contributed by atoms with Gasteiger partial charge >= 0.3 is 5.97 Å². The van der Waals surface area contributed by atoms with Gasteiger partial charge in [-0.15, -0.1) is 0 Å². The highest BCUT2D eigenvalue weighted by atomic mass is 35.5. The maximum absolute atomic E-state index is 11.8. The average Bonchev–Trinajstić information content (AvgIpc) is 2.99. The number of nitrogens with one attached hydrogen (secondary N) is 1. The lowest BCUT2D eigenvalue weighted by atomic mass is 10.2. The Morgan fingerprint density at radius 2 is 2.14 bits per heavy atom. The van der Waals surface area contributed by atoms with Gasteiger partial charge in [0.05, 0.1) is 0 Å². The smallest absolute Gasteiger partial charge is 0.306 e. The highest BCUT2D eigenvalue weighted by molar-refractivity contribution is 7.07. The normalized spacial score (nSPS) is 10.3. The minimum Gasteiger partial charge on any atom is -0.456 e. The third kappa shape index (κ3) is 5.16. The number of ether oxygens (including phenoxy) is 1. The van der Waals surface area contributed by atoms with E-state index in [0.29, 0.717) is 17.1 Å². The molecule has 0 saturated carbocycles. The Kier molecular flexibility index (Phi) is 5.98. The number of benzene rings is 1. The first-order valence-corrected chi connectivity index (χ1v) is 8.09. The molecule has 22 heavy (non-hydrogen) atoms. The fourth-order valence-corrected chi connectivity index (χ4v) is 2.78. The van der Waals surface area contributed by atoms with Crippen LogP contribution in [0.2, 0.25) is 5.02 Å². The van der Waals surface area contributed by atoms with Gasteiger partial charge in [0.25, 0.3) is 5.91 Å². The van der Waals surface area contributed by atoms with Crippen molar-refractivity contribution in [2.45, 2.75) is 19.8 Å². The molecule has 0 spiro atoms. The van der Waals surface area contributed by atoms with Crippen LogP contribution >= 0.6 is 22.9 Å². The number of hydrogen-bond donors (Lipinski definition) is 1. The third-order valence-electron chi connectivity index (χ3n) is 3.02. The Bertz CT molecular complexity index is 655. The second-order valence-corrected chi connectivity index (χ2v) is 6.02. The van der Waals surface area contributed by atoms with Crippen LogP contribution in [0, 0.1) is 6.92 Å². The maximum atomic E-state index is 11.8. The van der Waals surface area contributed by atoms with Crippen molar-refractivity contribution in [3.8, 4) is 0 Å². The summed E-state index contributed by atoms with van der Waals surface area (Å²) in [5.41, 5.74) is 2.61. The number of anilines is 1. The van der Waals surface area contributed by atoms with E-state index < -0.39 is 0 Å². The molecule has 0 bridgehead atoms. The van der Waals surface area contributed by atoms with Crippen LogP contribution in [0.4, 0.5) is 5.69 Å². The fraction of sp³-hybridized carbons (Fsp3) is 0.250. The van der Waals surface area contributed by atoms with Crippen molar-refractivity contribution in [3.05, 3.63) is 51.2 Å². The summed E-state index contributed by atoms with van der Waals surface area (Å²) in [6.45, 7) is 1.55. The number of carbonyl (C=O) groups is 2. The van der Waals surface area contributed by atoms with Crippen molar-refractivity contribution in [1.82, 2.24) is 0 Å². The Balaban J connectivity index is 1.74. The van der Waals surface area contributed by atoms with Crippen molar-refractivity contribution in [3.63, 3.8) is 0 Å². The first-order chi connectivity index (χ1) is 10.5. The van der Waals surface area contributed by atoms with Crippen molar-refractivity contribution < 1.29 is 14.3 Å². The van der Waals surface area contributed by atoms with Gasteiger partial charge in [-0.1, -0.05) is 11.6 Å². The number of rotatable bonds is 6. The molecule has 2 rings (SSSR count). The average molecular weight is 338 g/mol. The van der Waals surface area contributed by atoms with E-state index in [1.165, 1.54) is 0 Å². The Labute approximate surface area is 138 Å². The molecular weight excluding hydrogens is 322 g/mol. The molecule has 4 nitrogen and oxygen atoms in total. The van der Waals surface area contributed by atoms with Gasteiger partial charge in [-0.25, -0.2) is 0 Å². The van der Waals surface area contributed by atoms with Gasteiger partial charge < -0.3 is 10.1 Å². The first kappa shape index (κ1) is 16.5. The molecule has 0 saturated heterocycles. The summed E-state index contributed by atoms with van der Waals surface area (Å²) in [7, 11) is 0. The van der Waals surface area contributed by atoms with Crippen LogP contribution in [0.3, 0.4) is 0 Å². The molecule has 1 heterocycles. The fourth-order valence-electron chi connectivity index (χ4n) is 1.85. The lowest BCUT2D eigenvalue weighted by molar-refractivity contribution is -0.147. The minimum absolute atomic E-state index is 0.268. The molecule has 1 aromatic carbocycles. The van der Waals surface area contributed by atoms with Crippen LogP contribution in [0.15, 0.2) is 35.0 Å². The molecule has 1 amide bonds. The van der Waals surface area contributed by atoms with Crippen LogP contribution in [0.1, 0.15) is 17.5 Å². The number of hydrogen-bond acceptors (Lipinski definition) is 4.